The van der Waals surface area contributed by atoms with Gasteiger partial charge in [-0.2, -0.15) is 0 Å². The Morgan fingerprint density at radius 3 is 2.19 bits per heavy atom. The molecule has 0 saturated carbocycles. The van der Waals surface area contributed by atoms with Gasteiger partial charge in [0.1, 0.15) is 5.76 Å². The average Bonchev–Trinajstić information content (AvgIpc) is 2.80. The Morgan fingerprint density at radius 1 is 1.05 bits per heavy atom. The largest absolute Gasteiger partial charge is 0.507 e. The predicted octanol–water partition coefficient (Wildman–Crippen LogP) is 2.88. The summed E-state index contributed by atoms with van der Waals surface area (Å²) >= 11 is 0. The van der Waals surface area contributed by atoms with Crippen LogP contribution in [0.4, 0.5) is 0 Å². The fourth-order valence-corrected chi connectivity index (χ4v) is 2.85. The second-order valence-electron chi connectivity index (χ2n) is 5.41. The summed E-state index contributed by atoms with van der Waals surface area (Å²) in [6.45, 7) is 9.71. The van der Waals surface area contributed by atoms with E-state index in [9.17, 15) is 14.7 Å². The fourth-order valence-electron chi connectivity index (χ4n) is 2.85. The maximum Gasteiger partial charge on any atom is 0.379 e. The number of rotatable bonds is 3. The molecule has 112 valence electrons. The monoisotopic (exact) mass is 288 g/mol. The van der Waals surface area contributed by atoms with Crippen LogP contribution in [0.5, 0.6) is 0 Å². The van der Waals surface area contributed by atoms with E-state index >= 15 is 0 Å². The van der Waals surface area contributed by atoms with Crippen molar-refractivity contribution in [3.63, 3.8) is 0 Å². The maximum atomic E-state index is 12.1. The number of benzene rings is 1. The van der Waals surface area contributed by atoms with Gasteiger partial charge < -0.3 is 9.84 Å². The maximum absolute atomic E-state index is 12.1. The summed E-state index contributed by atoms with van der Waals surface area (Å²) in [5.74, 6) is -1.73. The summed E-state index contributed by atoms with van der Waals surface area (Å²) in [5, 5.41) is 10.4. The lowest BCUT2D eigenvalue weighted by Gasteiger charge is -2.15. The Hall–Kier alpha value is -2.10. The Morgan fingerprint density at radius 2 is 1.62 bits per heavy atom. The number of aliphatic hydroxyl groups excluding tert-OH is 1. The molecule has 0 heterocycles. The van der Waals surface area contributed by atoms with Crippen molar-refractivity contribution in [1.82, 2.24) is 0 Å². The van der Waals surface area contributed by atoms with E-state index in [-0.39, 0.29) is 24.4 Å². The van der Waals surface area contributed by atoms with Gasteiger partial charge in [-0.15, -0.1) is 0 Å². The number of ketones is 1. The van der Waals surface area contributed by atoms with Gasteiger partial charge in [0.2, 0.25) is 0 Å². The van der Waals surface area contributed by atoms with E-state index in [1.165, 1.54) is 0 Å². The van der Waals surface area contributed by atoms with Gasteiger partial charge in [-0.1, -0.05) is 0 Å². The standard InChI is InChI=1S/C17H20O4/c1-6-21-17(20)16(19)13-7-12-10(4)8(2)9(3)11(5)14(12)15(13)18/h18H,6-7H2,1-5H3. The molecule has 1 aliphatic carbocycles. The molecule has 2 rings (SSSR count). The van der Waals surface area contributed by atoms with Crippen LogP contribution in [-0.2, 0) is 20.7 Å². The number of carbonyl (C=O) groups is 2. The van der Waals surface area contributed by atoms with Crippen LogP contribution in [0.3, 0.4) is 0 Å². The summed E-state index contributed by atoms with van der Waals surface area (Å²) < 4.78 is 4.74. The van der Waals surface area contributed by atoms with Crippen LogP contribution in [0.15, 0.2) is 5.57 Å². The van der Waals surface area contributed by atoms with Crippen molar-refractivity contribution in [2.24, 2.45) is 0 Å². The van der Waals surface area contributed by atoms with Crippen LogP contribution in [0.25, 0.3) is 5.76 Å². The third-order valence-corrected chi connectivity index (χ3v) is 4.43. The van der Waals surface area contributed by atoms with Gasteiger partial charge in [-0.05, 0) is 62.4 Å². The molecule has 0 radical (unpaired) electrons. The first-order chi connectivity index (χ1) is 9.81. The second-order valence-corrected chi connectivity index (χ2v) is 5.41. The number of ether oxygens (including phenoxy) is 1. The minimum absolute atomic E-state index is 0.0771. The third kappa shape index (κ3) is 2.24. The first kappa shape index (κ1) is 15.3. The van der Waals surface area contributed by atoms with Crippen molar-refractivity contribution in [2.45, 2.75) is 41.0 Å². The lowest BCUT2D eigenvalue weighted by Crippen LogP contribution is -2.20. The topological polar surface area (TPSA) is 63.6 Å². The van der Waals surface area contributed by atoms with Crippen LogP contribution < -0.4 is 0 Å². The summed E-state index contributed by atoms with van der Waals surface area (Å²) in [6, 6.07) is 0. The van der Waals surface area contributed by atoms with Crippen LogP contribution in [0.1, 0.15) is 40.3 Å². The Balaban J connectivity index is 2.54. The van der Waals surface area contributed by atoms with Gasteiger partial charge in [-0.25, -0.2) is 4.79 Å². The fraction of sp³-hybridized carbons (Fsp3) is 0.412. The molecule has 0 unspecified atom stereocenters. The van der Waals surface area contributed by atoms with E-state index in [4.69, 9.17) is 4.74 Å². The van der Waals surface area contributed by atoms with Crippen molar-refractivity contribution < 1.29 is 19.4 Å². The Bertz CT molecular complexity index is 681. The summed E-state index contributed by atoms with van der Waals surface area (Å²) in [4.78, 5) is 23.7. The van der Waals surface area contributed by atoms with Crippen molar-refractivity contribution in [1.29, 1.82) is 0 Å². The lowest BCUT2D eigenvalue weighted by atomic mass is 9.90. The minimum Gasteiger partial charge on any atom is -0.507 e. The van der Waals surface area contributed by atoms with Gasteiger partial charge in [-0.3, -0.25) is 4.79 Å². The smallest absolute Gasteiger partial charge is 0.379 e. The van der Waals surface area contributed by atoms with Crippen molar-refractivity contribution >= 4 is 17.5 Å². The lowest BCUT2D eigenvalue weighted by molar-refractivity contribution is -0.151. The molecule has 0 spiro atoms. The van der Waals surface area contributed by atoms with Gasteiger partial charge in [0.25, 0.3) is 5.78 Å². The Kier molecular flexibility index (Phi) is 3.90. The van der Waals surface area contributed by atoms with Crippen LogP contribution in [0.2, 0.25) is 0 Å². The highest BCUT2D eigenvalue weighted by Crippen LogP contribution is 2.39. The molecular formula is C17H20O4. The first-order valence-corrected chi connectivity index (χ1v) is 7.04. The molecule has 1 aliphatic rings. The quantitative estimate of drug-likeness (QED) is 0.686. The molecule has 21 heavy (non-hydrogen) atoms. The van der Waals surface area contributed by atoms with Crippen molar-refractivity contribution in [3.8, 4) is 0 Å². The molecule has 1 aromatic carbocycles. The average molecular weight is 288 g/mol. The minimum atomic E-state index is -0.907. The van der Waals surface area contributed by atoms with E-state index in [1.807, 2.05) is 27.7 Å². The molecule has 0 atom stereocenters. The van der Waals surface area contributed by atoms with E-state index in [0.717, 1.165) is 27.8 Å². The van der Waals surface area contributed by atoms with E-state index in [1.54, 1.807) is 6.92 Å². The number of fused-ring (bicyclic) bond motifs is 1. The highest BCUT2D eigenvalue weighted by molar-refractivity contribution is 6.42. The van der Waals surface area contributed by atoms with E-state index < -0.39 is 11.8 Å². The number of carbonyl (C=O) groups excluding carboxylic acids is 2. The van der Waals surface area contributed by atoms with Gasteiger partial charge in [0.05, 0.1) is 12.2 Å². The molecule has 0 bridgehead atoms. The second kappa shape index (κ2) is 5.35. The third-order valence-electron chi connectivity index (χ3n) is 4.43. The zero-order valence-electron chi connectivity index (χ0n) is 13.1. The predicted molar refractivity (Wildman–Crippen MR) is 80.3 cm³/mol. The molecule has 0 saturated heterocycles. The number of aliphatic hydroxyl groups is 1. The molecule has 1 N–H and O–H groups in total. The van der Waals surface area contributed by atoms with Crippen LogP contribution in [0, 0.1) is 27.7 Å². The van der Waals surface area contributed by atoms with E-state index in [2.05, 4.69) is 0 Å². The summed E-state index contributed by atoms with van der Waals surface area (Å²) in [5.41, 5.74) is 6.04. The molecule has 4 nitrogen and oxygen atoms in total. The molecule has 0 aliphatic heterocycles. The van der Waals surface area contributed by atoms with Crippen molar-refractivity contribution in [3.05, 3.63) is 39.0 Å². The van der Waals surface area contributed by atoms with Gasteiger partial charge >= 0.3 is 5.97 Å². The van der Waals surface area contributed by atoms with Gasteiger partial charge in [0, 0.05) is 12.0 Å². The van der Waals surface area contributed by atoms with Crippen LogP contribution in [-0.4, -0.2) is 23.5 Å². The molecular weight excluding hydrogens is 268 g/mol. The molecule has 1 aromatic rings. The number of Topliss-reactive ketones (excluding diaryl/α,β-unsaturated/α-hetero) is 1. The van der Waals surface area contributed by atoms with Crippen LogP contribution >= 0.6 is 0 Å². The number of hydrogen-bond acceptors (Lipinski definition) is 4. The molecule has 4 heteroatoms. The van der Waals surface area contributed by atoms with Crippen molar-refractivity contribution in [2.75, 3.05) is 6.61 Å². The zero-order chi connectivity index (χ0) is 15.9. The van der Waals surface area contributed by atoms with Gasteiger partial charge in [0.15, 0.2) is 0 Å². The number of esters is 1. The first-order valence-electron chi connectivity index (χ1n) is 7.04. The normalized spacial score (nSPS) is 13.4. The van der Waals surface area contributed by atoms with E-state index in [0.29, 0.717) is 5.56 Å². The zero-order valence-corrected chi connectivity index (χ0v) is 13.1. The summed E-state index contributed by atoms with van der Waals surface area (Å²) in [6.07, 6.45) is 0.284. The highest BCUT2D eigenvalue weighted by atomic mass is 16.5. The summed E-state index contributed by atoms with van der Waals surface area (Å²) in [7, 11) is 0. The SMILES string of the molecule is CCOC(=O)C(=O)C1=C(O)c2c(C)c(C)c(C)c(C)c2C1. The molecule has 0 amide bonds. The Labute approximate surface area is 124 Å². The molecule has 0 aromatic heterocycles. The highest BCUT2D eigenvalue weighted by Gasteiger charge is 2.33. The molecule has 0 fully saturated rings. The number of hydrogen-bond donors (Lipinski definition) is 1.